The first-order valence-corrected chi connectivity index (χ1v) is 5.56. The van der Waals surface area contributed by atoms with Crippen LogP contribution >= 0.6 is 0 Å². The summed E-state index contributed by atoms with van der Waals surface area (Å²) >= 11 is 0. The van der Waals surface area contributed by atoms with Crippen molar-refractivity contribution in [3.05, 3.63) is 0 Å². The van der Waals surface area contributed by atoms with Gasteiger partial charge in [-0.25, -0.2) is 0 Å². The standard InChI is InChI=1S/C7H16NO2.C4H9N/c1-7(9)10-6-5-8(2,3)4;1-2-4-5-3-1/h5-6H2,1-4H3;5H,1-4H2/q+1;. The van der Waals surface area contributed by atoms with Crippen LogP contribution in [0.4, 0.5) is 0 Å². The van der Waals surface area contributed by atoms with Crippen molar-refractivity contribution < 1.29 is 14.0 Å². The van der Waals surface area contributed by atoms with Crippen molar-refractivity contribution in [2.24, 2.45) is 0 Å². The third-order valence-electron chi connectivity index (χ3n) is 2.02. The van der Waals surface area contributed by atoms with Gasteiger partial charge in [0.2, 0.25) is 0 Å². The van der Waals surface area contributed by atoms with Crippen molar-refractivity contribution >= 4 is 5.97 Å². The largest absolute Gasteiger partial charge is 0.460 e. The zero-order valence-electron chi connectivity index (χ0n) is 10.5. The molecule has 0 saturated carbocycles. The molecule has 1 rings (SSSR count). The van der Waals surface area contributed by atoms with Crippen LogP contribution in [-0.4, -0.2) is 57.8 Å². The fourth-order valence-corrected chi connectivity index (χ4v) is 1.09. The van der Waals surface area contributed by atoms with Crippen LogP contribution in [0.1, 0.15) is 19.8 Å². The van der Waals surface area contributed by atoms with Gasteiger partial charge in [0.25, 0.3) is 0 Å². The third kappa shape index (κ3) is 13.4. The quantitative estimate of drug-likeness (QED) is 0.556. The van der Waals surface area contributed by atoms with Gasteiger partial charge < -0.3 is 14.5 Å². The Balaban J connectivity index is 0.000000322. The van der Waals surface area contributed by atoms with E-state index in [1.165, 1.54) is 32.9 Å². The lowest BCUT2D eigenvalue weighted by Crippen LogP contribution is -2.37. The van der Waals surface area contributed by atoms with Crippen molar-refractivity contribution in [2.75, 3.05) is 47.4 Å². The Labute approximate surface area is 93.2 Å². The molecule has 1 fully saturated rings. The van der Waals surface area contributed by atoms with Gasteiger partial charge in [0.1, 0.15) is 13.2 Å². The smallest absolute Gasteiger partial charge is 0.302 e. The second kappa shape index (κ2) is 7.65. The topological polar surface area (TPSA) is 38.3 Å². The lowest BCUT2D eigenvalue weighted by molar-refractivity contribution is -0.870. The van der Waals surface area contributed by atoms with Gasteiger partial charge in [0.05, 0.1) is 21.1 Å². The molecule has 1 aliphatic heterocycles. The number of hydrogen-bond donors (Lipinski definition) is 1. The van der Waals surface area contributed by atoms with Crippen LogP contribution < -0.4 is 5.32 Å². The molecular weight excluding hydrogens is 192 g/mol. The molecule has 1 saturated heterocycles. The summed E-state index contributed by atoms with van der Waals surface area (Å²) in [4.78, 5) is 10.3. The Morgan fingerprint density at radius 2 is 1.80 bits per heavy atom. The summed E-state index contributed by atoms with van der Waals surface area (Å²) in [5, 5.41) is 3.22. The van der Waals surface area contributed by atoms with Crippen LogP contribution in [0.3, 0.4) is 0 Å². The van der Waals surface area contributed by atoms with Crippen LogP contribution in [0.25, 0.3) is 0 Å². The molecule has 0 aromatic rings. The Hall–Kier alpha value is -0.610. The molecule has 0 spiro atoms. The minimum absolute atomic E-state index is 0.201. The maximum Gasteiger partial charge on any atom is 0.302 e. The molecule has 0 bridgehead atoms. The van der Waals surface area contributed by atoms with Crippen molar-refractivity contribution in [1.29, 1.82) is 0 Å². The van der Waals surface area contributed by atoms with Gasteiger partial charge in [-0.05, 0) is 25.9 Å². The molecule has 1 heterocycles. The summed E-state index contributed by atoms with van der Waals surface area (Å²) in [6, 6.07) is 0. The average Bonchev–Trinajstić information content (AvgIpc) is 2.56. The van der Waals surface area contributed by atoms with Gasteiger partial charge >= 0.3 is 5.97 Å². The molecule has 15 heavy (non-hydrogen) atoms. The molecule has 0 aromatic heterocycles. The zero-order valence-corrected chi connectivity index (χ0v) is 10.5. The number of nitrogens with zero attached hydrogens (tertiary/aromatic N) is 1. The number of likely N-dealkylation sites (N-methyl/N-ethyl adjacent to an activating group) is 1. The molecular formula is C11H25N2O2+. The highest BCUT2D eigenvalue weighted by Gasteiger charge is 2.06. The van der Waals surface area contributed by atoms with E-state index in [1.54, 1.807) is 0 Å². The molecule has 0 atom stereocenters. The number of carbonyl (C=O) groups excluding carboxylic acids is 1. The van der Waals surface area contributed by atoms with Gasteiger partial charge in [-0.3, -0.25) is 4.79 Å². The molecule has 0 radical (unpaired) electrons. The predicted molar refractivity (Wildman–Crippen MR) is 61.6 cm³/mol. The highest BCUT2D eigenvalue weighted by molar-refractivity contribution is 5.65. The van der Waals surface area contributed by atoms with Crippen molar-refractivity contribution in [3.8, 4) is 0 Å². The summed E-state index contributed by atoms with van der Waals surface area (Å²) in [7, 11) is 6.18. The normalized spacial score (nSPS) is 15.5. The van der Waals surface area contributed by atoms with Crippen molar-refractivity contribution in [2.45, 2.75) is 19.8 Å². The van der Waals surface area contributed by atoms with E-state index in [0.717, 1.165) is 11.0 Å². The lowest BCUT2D eigenvalue weighted by Gasteiger charge is -2.23. The highest BCUT2D eigenvalue weighted by atomic mass is 16.5. The van der Waals surface area contributed by atoms with Gasteiger partial charge in [-0.15, -0.1) is 0 Å². The van der Waals surface area contributed by atoms with Gasteiger partial charge in [-0.2, -0.15) is 0 Å². The molecule has 90 valence electrons. The molecule has 0 unspecified atom stereocenters. The Bertz CT molecular complexity index is 164. The van der Waals surface area contributed by atoms with Crippen LogP contribution in [0.15, 0.2) is 0 Å². The van der Waals surface area contributed by atoms with Crippen LogP contribution in [0.2, 0.25) is 0 Å². The van der Waals surface area contributed by atoms with Crippen LogP contribution in [0, 0.1) is 0 Å². The van der Waals surface area contributed by atoms with E-state index in [2.05, 4.69) is 26.5 Å². The monoisotopic (exact) mass is 217 g/mol. The van der Waals surface area contributed by atoms with Gasteiger partial charge in [0, 0.05) is 6.92 Å². The third-order valence-corrected chi connectivity index (χ3v) is 2.02. The molecule has 1 aliphatic rings. The molecule has 1 N–H and O–H groups in total. The summed E-state index contributed by atoms with van der Waals surface area (Å²) in [5.74, 6) is -0.201. The van der Waals surface area contributed by atoms with E-state index in [4.69, 9.17) is 4.74 Å². The zero-order chi connectivity index (χ0) is 11.7. The molecule has 4 nitrogen and oxygen atoms in total. The number of quaternary nitrogens is 1. The number of hydrogen-bond acceptors (Lipinski definition) is 3. The SMILES string of the molecule is C1CCNC1.CC(=O)OCC[N+](C)(C)C. The van der Waals surface area contributed by atoms with E-state index in [-0.39, 0.29) is 5.97 Å². The maximum atomic E-state index is 10.3. The van der Waals surface area contributed by atoms with Gasteiger partial charge in [-0.1, -0.05) is 0 Å². The second-order valence-electron chi connectivity index (χ2n) is 4.81. The van der Waals surface area contributed by atoms with E-state index in [0.29, 0.717) is 6.61 Å². The van der Waals surface area contributed by atoms with Crippen LogP contribution in [-0.2, 0) is 9.53 Å². The predicted octanol–water partition coefficient (Wildman–Crippen LogP) is 0.626. The van der Waals surface area contributed by atoms with E-state index in [9.17, 15) is 4.79 Å². The molecule has 0 aromatic carbocycles. The summed E-state index contributed by atoms with van der Waals surface area (Å²) in [6.45, 7) is 5.30. The Morgan fingerprint density at radius 3 is 2.07 bits per heavy atom. The van der Waals surface area contributed by atoms with Crippen molar-refractivity contribution in [1.82, 2.24) is 5.32 Å². The Morgan fingerprint density at radius 1 is 1.27 bits per heavy atom. The highest BCUT2D eigenvalue weighted by Crippen LogP contribution is 1.90. The average molecular weight is 217 g/mol. The maximum absolute atomic E-state index is 10.3. The van der Waals surface area contributed by atoms with E-state index < -0.39 is 0 Å². The van der Waals surface area contributed by atoms with E-state index >= 15 is 0 Å². The number of carbonyl (C=O) groups is 1. The molecule has 4 heteroatoms. The fraction of sp³-hybridized carbons (Fsp3) is 0.909. The second-order valence-corrected chi connectivity index (χ2v) is 4.81. The summed E-state index contributed by atoms with van der Waals surface area (Å²) in [6.07, 6.45) is 2.78. The molecule has 0 amide bonds. The molecule has 0 aliphatic carbocycles. The summed E-state index contributed by atoms with van der Waals surface area (Å²) in [5.41, 5.74) is 0. The number of esters is 1. The first-order valence-electron chi connectivity index (χ1n) is 5.56. The van der Waals surface area contributed by atoms with Crippen LogP contribution in [0.5, 0.6) is 0 Å². The van der Waals surface area contributed by atoms with Gasteiger partial charge in [0.15, 0.2) is 0 Å². The number of ether oxygens (including phenoxy) is 1. The minimum atomic E-state index is -0.201. The fourth-order valence-electron chi connectivity index (χ4n) is 1.09. The number of nitrogens with one attached hydrogen (secondary N) is 1. The van der Waals surface area contributed by atoms with E-state index in [1.807, 2.05) is 0 Å². The Kier molecular flexibility index (Phi) is 7.34. The van der Waals surface area contributed by atoms with Crippen molar-refractivity contribution in [3.63, 3.8) is 0 Å². The first-order chi connectivity index (χ1) is 6.92. The number of rotatable bonds is 3. The first kappa shape index (κ1) is 14.4. The summed E-state index contributed by atoms with van der Waals surface area (Å²) < 4.78 is 5.59. The lowest BCUT2D eigenvalue weighted by atomic mass is 10.4. The minimum Gasteiger partial charge on any atom is -0.460 e.